The van der Waals surface area contributed by atoms with E-state index in [0.29, 0.717) is 11.1 Å². The third-order valence-electron chi connectivity index (χ3n) is 3.20. The summed E-state index contributed by atoms with van der Waals surface area (Å²) in [6.07, 6.45) is 0. The summed E-state index contributed by atoms with van der Waals surface area (Å²) < 4.78 is 30.4. The van der Waals surface area contributed by atoms with E-state index in [-0.39, 0.29) is 0 Å². The highest BCUT2D eigenvalue weighted by atomic mass is 32.2. The largest absolute Gasteiger partial charge is 0.467 e. The Bertz CT molecular complexity index is 706. The molecule has 0 atom stereocenters. The summed E-state index contributed by atoms with van der Waals surface area (Å²) in [6.45, 7) is 0. The average Bonchev–Trinajstić information content (AvgIpc) is 2.52. The number of carbonyl (C=O) groups is 1. The fourth-order valence-corrected chi connectivity index (χ4v) is 3.05. The van der Waals surface area contributed by atoms with Crippen molar-refractivity contribution in [3.8, 4) is 0 Å². The topological polar surface area (TPSA) is 98.5 Å². The number of methoxy groups -OCH3 is 1. The minimum Gasteiger partial charge on any atom is -0.467 e. The van der Waals surface area contributed by atoms with E-state index in [2.05, 4.69) is 4.72 Å². The molecular formula is C15H16N2O4S. The summed E-state index contributed by atoms with van der Waals surface area (Å²) in [6, 6.07) is 16.8. The molecule has 0 amide bonds. The normalized spacial score (nSPS) is 11.9. The summed E-state index contributed by atoms with van der Waals surface area (Å²) in [5, 5.41) is 5.14. The van der Waals surface area contributed by atoms with Crippen LogP contribution in [0.15, 0.2) is 60.7 Å². The summed E-state index contributed by atoms with van der Waals surface area (Å²) in [4.78, 5) is 12.5. The van der Waals surface area contributed by atoms with Crippen molar-refractivity contribution in [2.75, 3.05) is 7.11 Å². The second kappa shape index (κ2) is 6.27. The molecule has 0 bridgehead atoms. The van der Waals surface area contributed by atoms with E-state index in [1.54, 1.807) is 60.7 Å². The summed E-state index contributed by atoms with van der Waals surface area (Å²) >= 11 is 0. The molecular weight excluding hydrogens is 304 g/mol. The van der Waals surface area contributed by atoms with Crippen LogP contribution in [0.5, 0.6) is 0 Å². The molecule has 0 saturated carbocycles. The highest BCUT2D eigenvalue weighted by Crippen LogP contribution is 2.31. The number of nitrogens with two attached hydrogens (primary N) is 1. The molecule has 2 aromatic carbocycles. The van der Waals surface area contributed by atoms with Gasteiger partial charge in [-0.3, -0.25) is 0 Å². The van der Waals surface area contributed by atoms with Crippen molar-refractivity contribution in [2.24, 2.45) is 5.14 Å². The van der Waals surface area contributed by atoms with Gasteiger partial charge in [-0.15, -0.1) is 0 Å². The van der Waals surface area contributed by atoms with Gasteiger partial charge in [0.1, 0.15) is 0 Å². The van der Waals surface area contributed by atoms with Crippen LogP contribution in [-0.4, -0.2) is 21.5 Å². The Hall–Kier alpha value is -2.22. The Morgan fingerprint density at radius 2 is 1.41 bits per heavy atom. The van der Waals surface area contributed by atoms with Crippen LogP contribution < -0.4 is 9.86 Å². The summed E-state index contributed by atoms with van der Waals surface area (Å²) in [5.41, 5.74) is -0.936. The van der Waals surface area contributed by atoms with Crippen LogP contribution >= 0.6 is 0 Å². The van der Waals surface area contributed by atoms with Crippen LogP contribution in [0.3, 0.4) is 0 Å². The SMILES string of the molecule is COC(=O)C(NS(N)(=O)=O)(c1ccccc1)c1ccccc1. The van der Waals surface area contributed by atoms with E-state index >= 15 is 0 Å². The number of rotatable bonds is 5. The zero-order chi connectivity index (χ0) is 16.2. The Morgan fingerprint density at radius 1 is 1.00 bits per heavy atom. The molecule has 0 aliphatic carbocycles. The van der Waals surface area contributed by atoms with Crippen LogP contribution in [0.2, 0.25) is 0 Å². The van der Waals surface area contributed by atoms with Crippen molar-refractivity contribution in [1.29, 1.82) is 0 Å². The monoisotopic (exact) mass is 320 g/mol. The maximum absolute atomic E-state index is 12.5. The first kappa shape index (κ1) is 16.2. The standard InChI is InChI=1S/C15H16N2O4S/c1-21-14(18)15(17-22(16,19)20,12-8-4-2-5-9-12)13-10-6-3-7-11-13/h2-11,17H,1H3,(H2,16,19,20). The summed E-state index contributed by atoms with van der Waals surface area (Å²) in [7, 11) is -3.00. The lowest BCUT2D eigenvalue weighted by Crippen LogP contribution is -2.55. The first-order valence-electron chi connectivity index (χ1n) is 6.41. The van der Waals surface area contributed by atoms with E-state index < -0.39 is 21.7 Å². The van der Waals surface area contributed by atoms with Crippen LogP contribution in [0.25, 0.3) is 0 Å². The van der Waals surface area contributed by atoms with E-state index in [0.717, 1.165) is 0 Å². The van der Waals surface area contributed by atoms with Gasteiger partial charge in [-0.05, 0) is 11.1 Å². The van der Waals surface area contributed by atoms with Gasteiger partial charge in [-0.25, -0.2) is 9.93 Å². The molecule has 0 spiro atoms. The van der Waals surface area contributed by atoms with Gasteiger partial charge in [-0.2, -0.15) is 13.1 Å². The minimum absolute atomic E-state index is 0.405. The fraction of sp³-hybridized carbons (Fsp3) is 0.133. The third-order valence-corrected chi connectivity index (χ3v) is 3.79. The molecule has 2 rings (SSSR count). The van der Waals surface area contributed by atoms with Crippen molar-refractivity contribution in [3.05, 3.63) is 71.8 Å². The summed E-state index contributed by atoms with van der Waals surface area (Å²) in [5.74, 6) is -0.779. The fourth-order valence-electron chi connectivity index (χ4n) is 2.30. The highest BCUT2D eigenvalue weighted by molar-refractivity contribution is 7.87. The lowest BCUT2D eigenvalue weighted by molar-refractivity contribution is -0.146. The lowest BCUT2D eigenvalue weighted by Gasteiger charge is -2.31. The molecule has 0 aliphatic rings. The van der Waals surface area contributed by atoms with E-state index in [9.17, 15) is 13.2 Å². The maximum atomic E-state index is 12.5. The molecule has 0 aliphatic heterocycles. The van der Waals surface area contributed by atoms with Crippen LogP contribution in [0.1, 0.15) is 11.1 Å². The Labute approximate surface area is 129 Å². The lowest BCUT2D eigenvalue weighted by atomic mass is 9.84. The van der Waals surface area contributed by atoms with Gasteiger partial charge in [0.2, 0.25) is 0 Å². The quantitative estimate of drug-likeness (QED) is 0.800. The van der Waals surface area contributed by atoms with Gasteiger partial charge >= 0.3 is 5.97 Å². The molecule has 0 saturated heterocycles. The zero-order valence-corrected chi connectivity index (χ0v) is 12.7. The Kier molecular flexibility index (Phi) is 4.60. The number of benzene rings is 2. The van der Waals surface area contributed by atoms with Crippen LogP contribution in [0, 0.1) is 0 Å². The van der Waals surface area contributed by atoms with Gasteiger partial charge in [-0.1, -0.05) is 60.7 Å². The van der Waals surface area contributed by atoms with Crippen molar-refractivity contribution in [2.45, 2.75) is 5.54 Å². The van der Waals surface area contributed by atoms with Gasteiger partial charge in [0.15, 0.2) is 5.54 Å². The van der Waals surface area contributed by atoms with Gasteiger partial charge in [0, 0.05) is 0 Å². The molecule has 0 radical (unpaired) electrons. The van der Waals surface area contributed by atoms with Crippen molar-refractivity contribution < 1.29 is 17.9 Å². The van der Waals surface area contributed by atoms with Crippen molar-refractivity contribution in [3.63, 3.8) is 0 Å². The third kappa shape index (κ3) is 3.16. The second-order valence-electron chi connectivity index (χ2n) is 4.62. The molecule has 0 unspecified atom stereocenters. The van der Waals surface area contributed by atoms with E-state index in [1.807, 2.05) is 0 Å². The number of hydrogen-bond acceptors (Lipinski definition) is 4. The smallest absolute Gasteiger partial charge is 0.336 e. The molecule has 0 fully saturated rings. The number of esters is 1. The Balaban J connectivity index is 2.78. The molecule has 22 heavy (non-hydrogen) atoms. The van der Waals surface area contributed by atoms with Gasteiger partial charge < -0.3 is 4.74 Å². The molecule has 0 aromatic heterocycles. The second-order valence-corrected chi connectivity index (χ2v) is 5.91. The maximum Gasteiger partial charge on any atom is 0.336 e. The van der Waals surface area contributed by atoms with E-state index in [4.69, 9.17) is 9.88 Å². The van der Waals surface area contributed by atoms with Crippen molar-refractivity contribution in [1.82, 2.24) is 4.72 Å². The minimum atomic E-state index is -4.18. The molecule has 2 aromatic rings. The van der Waals surface area contributed by atoms with E-state index in [1.165, 1.54) is 7.11 Å². The Morgan fingerprint density at radius 3 is 1.73 bits per heavy atom. The van der Waals surface area contributed by atoms with Gasteiger partial charge in [0.25, 0.3) is 10.2 Å². The molecule has 0 heterocycles. The predicted octanol–water partition coefficient (Wildman–Crippen LogP) is 0.896. The molecule has 7 heteroatoms. The van der Waals surface area contributed by atoms with Crippen molar-refractivity contribution >= 4 is 16.2 Å². The average molecular weight is 320 g/mol. The van der Waals surface area contributed by atoms with Crippen LogP contribution in [0.4, 0.5) is 0 Å². The number of ether oxygens (including phenoxy) is 1. The predicted molar refractivity (Wildman–Crippen MR) is 81.9 cm³/mol. The number of carbonyl (C=O) groups excluding carboxylic acids is 1. The van der Waals surface area contributed by atoms with Gasteiger partial charge in [0.05, 0.1) is 7.11 Å². The molecule has 3 N–H and O–H groups in total. The number of nitrogens with one attached hydrogen (secondary N) is 1. The molecule has 6 nitrogen and oxygen atoms in total. The first-order valence-corrected chi connectivity index (χ1v) is 7.96. The zero-order valence-electron chi connectivity index (χ0n) is 11.9. The molecule has 116 valence electrons. The van der Waals surface area contributed by atoms with Crippen LogP contribution in [-0.2, 0) is 25.3 Å². The number of hydrogen-bond donors (Lipinski definition) is 2. The first-order chi connectivity index (χ1) is 10.4. The highest BCUT2D eigenvalue weighted by Gasteiger charge is 2.45.